The average molecular weight is 411 g/mol. The minimum Gasteiger partial charge on any atom is -0.465 e. The number of benzene rings is 2. The Balaban J connectivity index is 1.89. The van der Waals surface area contributed by atoms with E-state index in [-0.39, 0.29) is 15.9 Å². The van der Waals surface area contributed by atoms with E-state index in [1.807, 2.05) is 6.07 Å². The number of carbonyl (C=O) groups is 1. The number of hydrogen-bond donors (Lipinski definition) is 1. The molecule has 1 unspecified atom stereocenters. The zero-order chi connectivity index (χ0) is 21.4. The van der Waals surface area contributed by atoms with Gasteiger partial charge in [-0.25, -0.2) is 4.79 Å². The third kappa shape index (κ3) is 4.34. The molecule has 0 heterocycles. The van der Waals surface area contributed by atoms with Crippen molar-refractivity contribution in [1.29, 1.82) is 0 Å². The predicted octanol–water partition coefficient (Wildman–Crippen LogP) is 5.56. The molecule has 0 aliphatic heterocycles. The lowest BCUT2D eigenvalue weighted by Crippen LogP contribution is -2.34. The first-order valence-electron chi connectivity index (χ1n) is 9.77. The van der Waals surface area contributed by atoms with Gasteiger partial charge in [-0.05, 0) is 58.6 Å². The monoisotopic (exact) mass is 410 g/mol. The number of aliphatic hydroxyl groups excluding tert-OH is 1. The van der Waals surface area contributed by atoms with Gasteiger partial charge in [-0.2, -0.15) is 0 Å². The zero-order valence-electron chi connectivity index (χ0n) is 17.6. The van der Waals surface area contributed by atoms with E-state index in [9.17, 15) is 9.90 Å². The molecule has 4 heteroatoms. The molecule has 0 radical (unpaired) electrons. The molecule has 152 valence electrons. The molecule has 0 spiro atoms. The lowest BCUT2D eigenvalue weighted by atomic mass is 9.63. The molecule has 1 aliphatic rings. The van der Waals surface area contributed by atoms with Crippen LogP contribution >= 0.6 is 11.6 Å². The fourth-order valence-corrected chi connectivity index (χ4v) is 4.14. The number of ether oxygens (including phenoxy) is 1. The van der Waals surface area contributed by atoms with Gasteiger partial charge in [-0.3, -0.25) is 0 Å². The molecular formula is C25H27ClO3. The maximum absolute atomic E-state index is 11.6. The van der Waals surface area contributed by atoms with Gasteiger partial charge in [0.25, 0.3) is 0 Å². The second-order valence-corrected chi connectivity index (χ2v) is 9.34. The number of hydrogen-bond acceptors (Lipinski definition) is 3. The molecule has 0 amide bonds. The Bertz CT molecular complexity index is 1010. The highest BCUT2D eigenvalue weighted by Crippen LogP contribution is 2.46. The number of methoxy groups -OCH3 is 1. The molecule has 1 N–H and O–H groups in total. The number of aliphatic hydroxyl groups is 1. The van der Waals surface area contributed by atoms with E-state index in [0.717, 1.165) is 18.4 Å². The Labute approximate surface area is 178 Å². The smallest absolute Gasteiger partial charge is 0.339 e. The van der Waals surface area contributed by atoms with Gasteiger partial charge in [0.2, 0.25) is 0 Å². The van der Waals surface area contributed by atoms with E-state index >= 15 is 0 Å². The Hall–Kier alpha value is -2.28. The largest absolute Gasteiger partial charge is 0.465 e. The van der Waals surface area contributed by atoms with Crippen molar-refractivity contribution >= 4 is 17.6 Å². The van der Waals surface area contributed by atoms with Gasteiger partial charge in [0.05, 0.1) is 17.7 Å². The summed E-state index contributed by atoms with van der Waals surface area (Å²) in [6.07, 6.45) is 1.36. The third-order valence-corrected chi connectivity index (χ3v) is 6.23. The standard InChI is InChI=1S/C25H27ClO3/c1-24(2)12-13-25(3,4)20-15-17(8-10-19(20)24)22(27)11-7-16-6-9-18(21(26)14-16)23(28)29-5/h6,8-10,14-15,22,27H,12-13H2,1-5H3. The molecule has 0 saturated carbocycles. The van der Waals surface area contributed by atoms with Crippen molar-refractivity contribution in [2.75, 3.05) is 7.11 Å². The Morgan fingerprint density at radius 2 is 1.72 bits per heavy atom. The van der Waals surface area contributed by atoms with E-state index < -0.39 is 12.1 Å². The number of fused-ring (bicyclic) bond motifs is 1. The topological polar surface area (TPSA) is 46.5 Å². The molecule has 2 aromatic rings. The summed E-state index contributed by atoms with van der Waals surface area (Å²) in [5.41, 5.74) is 4.56. The van der Waals surface area contributed by atoms with E-state index in [0.29, 0.717) is 11.1 Å². The first-order valence-corrected chi connectivity index (χ1v) is 10.2. The third-order valence-electron chi connectivity index (χ3n) is 5.92. The molecule has 3 nitrogen and oxygen atoms in total. The summed E-state index contributed by atoms with van der Waals surface area (Å²) in [6, 6.07) is 11.1. The van der Waals surface area contributed by atoms with E-state index in [1.54, 1.807) is 18.2 Å². The molecule has 29 heavy (non-hydrogen) atoms. The maximum atomic E-state index is 11.6. The summed E-state index contributed by atoms with van der Waals surface area (Å²) in [5.74, 6) is 5.35. The summed E-state index contributed by atoms with van der Waals surface area (Å²) < 4.78 is 4.69. The summed E-state index contributed by atoms with van der Waals surface area (Å²) >= 11 is 6.14. The van der Waals surface area contributed by atoms with Crippen molar-refractivity contribution in [2.24, 2.45) is 0 Å². The first-order chi connectivity index (χ1) is 13.5. The van der Waals surface area contributed by atoms with Crippen molar-refractivity contribution in [3.8, 4) is 11.8 Å². The minimum atomic E-state index is -0.903. The second kappa shape index (κ2) is 7.86. The molecule has 0 bridgehead atoms. The molecule has 0 fully saturated rings. The Morgan fingerprint density at radius 3 is 2.34 bits per heavy atom. The van der Waals surface area contributed by atoms with Crippen LogP contribution in [0.1, 0.15) is 79.3 Å². The van der Waals surface area contributed by atoms with Crippen LogP contribution in [0.3, 0.4) is 0 Å². The predicted molar refractivity (Wildman–Crippen MR) is 116 cm³/mol. The summed E-state index contributed by atoms with van der Waals surface area (Å²) in [6.45, 7) is 9.07. The van der Waals surface area contributed by atoms with Crippen LogP contribution in [0.4, 0.5) is 0 Å². The number of carbonyl (C=O) groups excluding carboxylic acids is 1. The van der Waals surface area contributed by atoms with E-state index in [1.165, 1.54) is 18.2 Å². The summed E-state index contributed by atoms with van der Waals surface area (Å²) in [5, 5.41) is 10.9. The van der Waals surface area contributed by atoms with Crippen molar-refractivity contribution in [3.05, 3.63) is 69.2 Å². The highest BCUT2D eigenvalue weighted by atomic mass is 35.5. The molecular weight excluding hydrogens is 384 g/mol. The lowest BCUT2D eigenvalue weighted by molar-refractivity contribution is 0.0601. The van der Waals surface area contributed by atoms with Crippen molar-refractivity contribution in [2.45, 2.75) is 57.5 Å². The highest BCUT2D eigenvalue weighted by molar-refractivity contribution is 6.33. The zero-order valence-corrected chi connectivity index (χ0v) is 18.4. The quantitative estimate of drug-likeness (QED) is 0.520. The summed E-state index contributed by atoms with van der Waals surface area (Å²) in [4.78, 5) is 11.6. The van der Waals surface area contributed by atoms with Gasteiger partial charge in [-0.1, -0.05) is 69.3 Å². The number of esters is 1. The van der Waals surface area contributed by atoms with Gasteiger partial charge in [0.15, 0.2) is 0 Å². The van der Waals surface area contributed by atoms with Crippen LogP contribution in [-0.2, 0) is 15.6 Å². The van der Waals surface area contributed by atoms with Crippen LogP contribution in [0.5, 0.6) is 0 Å². The Kier molecular flexibility index (Phi) is 5.81. The van der Waals surface area contributed by atoms with Gasteiger partial charge in [0.1, 0.15) is 6.10 Å². The van der Waals surface area contributed by atoms with Gasteiger partial charge in [0, 0.05) is 5.56 Å². The number of halogens is 1. The van der Waals surface area contributed by atoms with Gasteiger partial charge < -0.3 is 9.84 Å². The van der Waals surface area contributed by atoms with Gasteiger partial charge in [-0.15, -0.1) is 0 Å². The molecule has 0 saturated heterocycles. The highest BCUT2D eigenvalue weighted by Gasteiger charge is 2.37. The van der Waals surface area contributed by atoms with Crippen LogP contribution in [-0.4, -0.2) is 18.2 Å². The fraction of sp³-hybridized carbons (Fsp3) is 0.400. The normalized spacial score (nSPS) is 17.5. The fourth-order valence-electron chi connectivity index (χ4n) is 3.88. The second-order valence-electron chi connectivity index (χ2n) is 8.93. The lowest BCUT2D eigenvalue weighted by Gasteiger charge is -2.42. The maximum Gasteiger partial charge on any atom is 0.339 e. The molecule has 1 aliphatic carbocycles. The van der Waals surface area contributed by atoms with Crippen LogP contribution in [0.2, 0.25) is 5.02 Å². The van der Waals surface area contributed by atoms with Gasteiger partial charge >= 0.3 is 5.97 Å². The SMILES string of the molecule is COC(=O)c1ccc(C#CC(O)c2ccc3c(c2)C(C)(C)CCC3(C)C)cc1Cl. The summed E-state index contributed by atoms with van der Waals surface area (Å²) in [7, 11) is 1.31. The Morgan fingerprint density at radius 1 is 1.07 bits per heavy atom. The van der Waals surface area contributed by atoms with Crippen LogP contribution in [0, 0.1) is 11.8 Å². The van der Waals surface area contributed by atoms with Crippen molar-refractivity contribution < 1.29 is 14.6 Å². The average Bonchev–Trinajstić information content (AvgIpc) is 2.69. The first kappa shape index (κ1) is 21.4. The molecule has 0 aromatic heterocycles. The van der Waals surface area contributed by atoms with E-state index in [4.69, 9.17) is 16.3 Å². The van der Waals surface area contributed by atoms with Crippen LogP contribution in [0.25, 0.3) is 0 Å². The van der Waals surface area contributed by atoms with E-state index in [2.05, 4.69) is 51.7 Å². The molecule has 2 aromatic carbocycles. The number of rotatable bonds is 2. The van der Waals surface area contributed by atoms with Crippen LogP contribution in [0.15, 0.2) is 36.4 Å². The van der Waals surface area contributed by atoms with Crippen molar-refractivity contribution in [1.82, 2.24) is 0 Å². The van der Waals surface area contributed by atoms with Crippen LogP contribution < -0.4 is 0 Å². The molecule has 1 atom stereocenters. The molecule has 3 rings (SSSR count). The van der Waals surface area contributed by atoms with Crippen molar-refractivity contribution in [3.63, 3.8) is 0 Å². The minimum absolute atomic E-state index is 0.0747.